The van der Waals surface area contributed by atoms with Gasteiger partial charge in [0.2, 0.25) is 17.7 Å². The van der Waals surface area contributed by atoms with Crippen LogP contribution < -0.4 is 20.5 Å². The molecular formula is C47H50N6O9S. The first-order chi connectivity index (χ1) is 30.2. The van der Waals surface area contributed by atoms with Gasteiger partial charge in [-0.1, -0.05) is 30.0 Å². The second-order valence-electron chi connectivity index (χ2n) is 16.4. The number of pyridine rings is 1. The highest BCUT2D eigenvalue weighted by atomic mass is 32.1. The summed E-state index contributed by atoms with van der Waals surface area (Å²) in [6, 6.07) is 13.1. The number of Topliss-reactive ketones (excluding diaryl/α,β-unsaturated/α-hetero) is 1. The third kappa shape index (κ3) is 11.1. The maximum absolute atomic E-state index is 13.3. The highest BCUT2D eigenvalue weighted by molar-refractivity contribution is 7.15. The van der Waals surface area contributed by atoms with Crippen molar-refractivity contribution in [3.05, 3.63) is 88.2 Å². The molecule has 5 amide bonds. The number of unbranched alkanes of at least 4 members (excludes halogenated alkanes) is 1. The average Bonchev–Trinajstić information content (AvgIpc) is 3.85. The second-order valence-corrected chi connectivity index (χ2v) is 17.5. The monoisotopic (exact) mass is 874 g/mol. The third-order valence-electron chi connectivity index (χ3n) is 11.1. The van der Waals surface area contributed by atoms with Crippen LogP contribution >= 0.6 is 11.3 Å². The molecule has 0 aliphatic carbocycles. The lowest BCUT2D eigenvalue weighted by Crippen LogP contribution is -2.54. The lowest BCUT2D eigenvalue weighted by molar-refractivity contribution is -0.136. The van der Waals surface area contributed by atoms with Crippen LogP contribution in [0.3, 0.4) is 0 Å². The van der Waals surface area contributed by atoms with Gasteiger partial charge in [-0.3, -0.25) is 39.0 Å². The molecule has 5 heterocycles. The maximum atomic E-state index is 13.3. The van der Waals surface area contributed by atoms with Crippen LogP contribution in [0, 0.1) is 11.8 Å². The maximum Gasteiger partial charge on any atom is 0.266 e. The molecule has 4 aromatic rings. The van der Waals surface area contributed by atoms with Gasteiger partial charge >= 0.3 is 0 Å². The Hall–Kier alpha value is -6.44. The summed E-state index contributed by atoms with van der Waals surface area (Å²) in [4.78, 5) is 88.8. The second kappa shape index (κ2) is 19.7. The van der Waals surface area contributed by atoms with Gasteiger partial charge in [-0.25, -0.2) is 9.97 Å². The Bertz CT molecular complexity index is 2480. The summed E-state index contributed by atoms with van der Waals surface area (Å²) >= 11 is 1.60. The van der Waals surface area contributed by atoms with Crippen molar-refractivity contribution in [1.82, 2.24) is 25.1 Å². The molecule has 15 nitrogen and oxygen atoms in total. The van der Waals surface area contributed by atoms with E-state index in [1.165, 1.54) is 6.07 Å². The number of carbonyl (C=O) groups is 6. The molecule has 2 saturated heterocycles. The summed E-state index contributed by atoms with van der Waals surface area (Å²) in [6.45, 7) is 5.00. The van der Waals surface area contributed by atoms with E-state index in [0.717, 1.165) is 44.3 Å². The number of hydrogen-bond acceptors (Lipinski definition) is 13. The molecule has 328 valence electrons. The van der Waals surface area contributed by atoms with E-state index < -0.39 is 35.3 Å². The number of fused-ring (bicyclic) bond motifs is 1. The minimum Gasteiger partial charge on any atom is -0.493 e. The van der Waals surface area contributed by atoms with E-state index in [9.17, 15) is 33.9 Å². The van der Waals surface area contributed by atoms with Gasteiger partial charge in [0.1, 0.15) is 29.8 Å². The van der Waals surface area contributed by atoms with Crippen molar-refractivity contribution >= 4 is 52.5 Å². The molecule has 16 heteroatoms. The number of likely N-dealkylation sites (tertiary alicyclic amines) is 1. The van der Waals surface area contributed by atoms with Crippen molar-refractivity contribution in [2.75, 3.05) is 25.4 Å². The van der Waals surface area contributed by atoms with Crippen LogP contribution in [-0.4, -0.2) is 91.5 Å². The van der Waals surface area contributed by atoms with Crippen molar-refractivity contribution < 1.29 is 43.3 Å². The Morgan fingerprint density at radius 3 is 2.48 bits per heavy atom. The molecular weight excluding hydrogens is 825 g/mol. The van der Waals surface area contributed by atoms with Crippen molar-refractivity contribution in [3.63, 3.8) is 0 Å². The topological polar surface area (TPSA) is 211 Å². The van der Waals surface area contributed by atoms with Crippen LogP contribution in [0.1, 0.15) is 121 Å². The molecule has 1 atom stereocenters. The number of nitrogen functional groups attached to an aromatic ring is 1. The highest BCUT2D eigenvalue weighted by Crippen LogP contribution is 2.37. The number of carbonyl (C=O) groups excluding carboxylic acids is 6. The number of anilines is 1. The molecule has 0 bridgehead atoms. The number of amides is 5. The molecule has 2 fully saturated rings. The quantitative estimate of drug-likeness (QED) is 0.0715. The zero-order chi connectivity index (χ0) is 44.7. The summed E-state index contributed by atoms with van der Waals surface area (Å²) in [6.07, 6.45) is 7.75. The highest BCUT2D eigenvalue weighted by Gasteiger charge is 2.46. The number of aliphatic hydroxyl groups is 1. The van der Waals surface area contributed by atoms with Crippen molar-refractivity contribution in [2.24, 2.45) is 0 Å². The normalized spacial score (nSPS) is 16.7. The first-order valence-electron chi connectivity index (χ1n) is 21.2. The van der Waals surface area contributed by atoms with Gasteiger partial charge in [-0.2, -0.15) is 0 Å². The van der Waals surface area contributed by atoms with Gasteiger partial charge in [-0.05, 0) is 88.3 Å². The molecule has 3 aliphatic rings. The predicted molar refractivity (Wildman–Crippen MR) is 234 cm³/mol. The number of nitrogens with one attached hydrogen (secondary N) is 1. The molecule has 0 saturated carbocycles. The van der Waals surface area contributed by atoms with Gasteiger partial charge in [0.05, 0.1) is 27.6 Å². The number of rotatable bonds is 16. The Morgan fingerprint density at radius 2 is 1.70 bits per heavy atom. The Morgan fingerprint density at radius 1 is 0.921 bits per heavy atom. The van der Waals surface area contributed by atoms with Crippen LogP contribution in [0.4, 0.5) is 5.82 Å². The van der Waals surface area contributed by atoms with E-state index in [1.807, 2.05) is 41.4 Å². The van der Waals surface area contributed by atoms with Gasteiger partial charge < -0.3 is 25.2 Å². The smallest absolute Gasteiger partial charge is 0.266 e. The van der Waals surface area contributed by atoms with E-state index >= 15 is 0 Å². The van der Waals surface area contributed by atoms with E-state index in [-0.39, 0.29) is 66.4 Å². The zero-order valence-electron chi connectivity index (χ0n) is 35.3. The number of ether oxygens (including phenoxy) is 2. The summed E-state index contributed by atoms with van der Waals surface area (Å²) in [5.41, 5.74) is 7.83. The number of ketones is 1. The van der Waals surface area contributed by atoms with E-state index in [4.69, 9.17) is 20.2 Å². The molecule has 4 N–H and O–H groups in total. The zero-order valence-corrected chi connectivity index (χ0v) is 36.1. The number of nitrogens with two attached hydrogens (primary N) is 1. The largest absolute Gasteiger partial charge is 0.493 e. The van der Waals surface area contributed by atoms with Crippen molar-refractivity contribution in [2.45, 2.75) is 102 Å². The Labute approximate surface area is 369 Å². The van der Waals surface area contributed by atoms with Crippen molar-refractivity contribution in [3.8, 4) is 33.8 Å². The van der Waals surface area contributed by atoms with Gasteiger partial charge in [0.25, 0.3) is 11.8 Å². The van der Waals surface area contributed by atoms with Crippen LogP contribution in [0.5, 0.6) is 11.5 Å². The standard InChI is InChI=1S/C47H50N6O9S/c1-47(2,60)20-17-29-8-5-9-30(24-29)28-62-37-25-32(26-49-42(37)48)38-27-50-44(63-38)31-18-21-52(22-19-31)40(56)14-6-11-33(54)10-3-4-23-61-36-13-7-12-34-41(36)46(59)53(45(34)58)35-15-16-39(55)51-43(35)57/h5,7-9,12-13,24-27,31,35,60H,3-4,6,10-11,14-16,18-19,21-23,28H2,1-2H3,(H2,48,49)(H,51,55,57). The molecule has 2 aromatic heterocycles. The number of thiazole rings is 1. The molecule has 0 spiro atoms. The van der Waals surface area contributed by atoms with Crippen LogP contribution in [-0.2, 0) is 25.8 Å². The van der Waals surface area contributed by atoms with E-state index in [0.29, 0.717) is 57.4 Å². The van der Waals surface area contributed by atoms with Crippen molar-refractivity contribution in [1.29, 1.82) is 0 Å². The third-order valence-corrected chi connectivity index (χ3v) is 12.3. The first-order valence-corrected chi connectivity index (χ1v) is 22.0. The SMILES string of the molecule is CC(C)(O)C#Cc1cccc(COc2cc(-c3cnc(C4CCN(C(=O)CCCC(=O)CCCCOc5cccc6c5C(=O)N(C5CCC(=O)NC5=O)C6=O)CC4)s3)cnc2N)c1. The van der Waals surface area contributed by atoms with E-state index in [1.54, 1.807) is 43.5 Å². The fourth-order valence-electron chi connectivity index (χ4n) is 7.75. The number of aromatic nitrogens is 2. The molecule has 63 heavy (non-hydrogen) atoms. The minimum absolute atomic E-state index is 0.0337. The van der Waals surface area contributed by atoms with E-state index in [2.05, 4.69) is 22.1 Å². The Balaban J connectivity index is 0.798. The van der Waals surface area contributed by atoms with Crippen LogP contribution in [0.2, 0.25) is 0 Å². The fraction of sp³-hybridized carbons (Fsp3) is 0.404. The molecule has 0 radical (unpaired) electrons. The van der Waals surface area contributed by atoms with Crippen LogP contribution in [0.25, 0.3) is 10.4 Å². The summed E-state index contributed by atoms with van der Waals surface area (Å²) in [7, 11) is 0. The van der Waals surface area contributed by atoms with Gasteiger partial charge in [0, 0.05) is 68.2 Å². The lowest BCUT2D eigenvalue weighted by atomic mass is 9.97. The predicted octanol–water partition coefficient (Wildman–Crippen LogP) is 5.58. The fourth-order valence-corrected chi connectivity index (χ4v) is 8.81. The minimum atomic E-state index is -1.09. The number of benzene rings is 2. The van der Waals surface area contributed by atoms with Gasteiger partial charge in [-0.15, -0.1) is 11.3 Å². The summed E-state index contributed by atoms with van der Waals surface area (Å²) < 4.78 is 11.9. The number of nitrogens with zero attached hydrogens (tertiary/aromatic N) is 4. The Kier molecular flexibility index (Phi) is 14.0. The lowest BCUT2D eigenvalue weighted by Gasteiger charge is -2.31. The van der Waals surface area contributed by atoms with Gasteiger partial charge in [0.15, 0.2) is 11.6 Å². The number of hydrogen-bond donors (Lipinski definition) is 3. The van der Waals surface area contributed by atoms with Crippen LogP contribution in [0.15, 0.2) is 60.9 Å². The first kappa shape index (κ1) is 44.6. The summed E-state index contributed by atoms with van der Waals surface area (Å²) in [5, 5.41) is 13.1. The average molecular weight is 875 g/mol. The molecule has 1 unspecified atom stereocenters. The molecule has 3 aliphatic heterocycles. The molecule has 7 rings (SSSR count). The number of piperidine rings is 2. The number of imide groups is 2. The molecule has 2 aromatic carbocycles. The summed E-state index contributed by atoms with van der Waals surface area (Å²) in [5.74, 6) is 4.76.